The van der Waals surface area contributed by atoms with Crippen molar-refractivity contribution in [2.75, 3.05) is 26.7 Å². The highest BCUT2D eigenvalue weighted by molar-refractivity contribution is 5.49. The number of nitrogens with two attached hydrogens (primary N) is 1. The Bertz CT molecular complexity index is 416. The van der Waals surface area contributed by atoms with E-state index in [1.165, 1.54) is 22.3 Å². The van der Waals surface area contributed by atoms with E-state index in [2.05, 4.69) is 39.1 Å². The SMILES string of the molecule is COc1c(C)cc(CCNCC(C)CN)c(C)c1C. The molecular formula is C16H28N2O. The number of hydrogen-bond acceptors (Lipinski definition) is 3. The molecule has 0 radical (unpaired) electrons. The molecule has 0 saturated heterocycles. The molecule has 0 aliphatic carbocycles. The van der Waals surface area contributed by atoms with E-state index in [1.807, 2.05) is 0 Å². The monoisotopic (exact) mass is 264 g/mol. The molecule has 1 rings (SSSR count). The van der Waals surface area contributed by atoms with E-state index in [0.717, 1.165) is 31.8 Å². The number of hydrogen-bond donors (Lipinski definition) is 2. The maximum atomic E-state index is 5.61. The van der Waals surface area contributed by atoms with Crippen LogP contribution in [0.25, 0.3) is 0 Å². The minimum absolute atomic E-state index is 0.542. The summed E-state index contributed by atoms with van der Waals surface area (Å²) in [4.78, 5) is 0. The van der Waals surface area contributed by atoms with E-state index in [4.69, 9.17) is 10.5 Å². The number of nitrogens with one attached hydrogen (secondary N) is 1. The third kappa shape index (κ3) is 4.22. The van der Waals surface area contributed by atoms with Crippen LogP contribution in [-0.2, 0) is 6.42 Å². The molecule has 0 bridgehead atoms. The Kier molecular flexibility index (Phi) is 6.32. The molecule has 0 saturated carbocycles. The molecule has 19 heavy (non-hydrogen) atoms. The van der Waals surface area contributed by atoms with Gasteiger partial charge in [-0.2, -0.15) is 0 Å². The molecule has 0 aliphatic rings. The van der Waals surface area contributed by atoms with Gasteiger partial charge in [0, 0.05) is 0 Å². The number of ether oxygens (including phenoxy) is 1. The van der Waals surface area contributed by atoms with Gasteiger partial charge >= 0.3 is 0 Å². The van der Waals surface area contributed by atoms with Crippen LogP contribution >= 0.6 is 0 Å². The van der Waals surface area contributed by atoms with Gasteiger partial charge in [0.25, 0.3) is 0 Å². The molecule has 1 aromatic rings. The van der Waals surface area contributed by atoms with E-state index >= 15 is 0 Å². The summed E-state index contributed by atoms with van der Waals surface area (Å²) in [5.74, 6) is 1.56. The quantitative estimate of drug-likeness (QED) is 0.743. The van der Waals surface area contributed by atoms with Crippen LogP contribution in [0.2, 0.25) is 0 Å². The molecule has 108 valence electrons. The van der Waals surface area contributed by atoms with Crippen molar-refractivity contribution in [3.8, 4) is 5.75 Å². The van der Waals surface area contributed by atoms with Crippen molar-refractivity contribution in [3.63, 3.8) is 0 Å². The predicted molar refractivity (Wildman–Crippen MR) is 82.0 cm³/mol. The van der Waals surface area contributed by atoms with Gasteiger partial charge in [0.1, 0.15) is 5.75 Å². The van der Waals surface area contributed by atoms with Crippen molar-refractivity contribution in [3.05, 3.63) is 28.3 Å². The molecule has 0 amide bonds. The van der Waals surface area contributed by atoms with Gasteiger partial charge in [0.2, 0.25) is 0 Å². The molecule has 0 spiro atoms. The summed E-state index contributed by atoms with van der Waals surface area (Å²) in [5, 5.41) is 3.47. The lowest BCUT2D eigenvalue weighted by Gasteiger charge is -2.16. The second-order valence-corrected chi connectivity index (χ2v) is 5.43. The summed E-state index contributed by atoms with van der Waals surface area (Å²) in [6.07, 6.45) is 1.05. The molecule has 3 heteroatoms. The minimum Gasteiger partial charge on any atom is -0.496 e. The summed E-state index contributed by atoms with van der Waals surface area (Å²) in [5.41, 5.74) is 10.8. The van der Waals surface area contributed by atoms with Crippen molar-refractivity contribution in [1.82, 2.24) is 5.32 Å². The molecule has 1 unspecified atom stereocenters. The zero-order chi connectivity index (χ0) is 14.4. The smallest absolute Gasteiger partial charge is 0.124 e. The summed E-state index contributed by atoms with van der Waals surface area (Å²) in [6.45, 7) is 11.3. The van der Waals surface area contributed by atoms with Crippen LogP contribution in [0.3, 0.4) is 0 Å². The van der Waals surface area contributed by atoms with Gasteiger partial charge in [0.15, 0.2) is 0 Å². The largest absolute Gasteiger partial charge is 0.496 e. The molecule has 0 aromatic heterocycles. The first kappa shape index (κ1) is 16.0. The lowest BCUT2D eigenvalue weighted by molar-refractivity contribution is 0.408. The summed E-state index contributed by atoms with van der Waals surface area (Å²) >= 11 is 0. The van der Waals surface area contributed by atoms with E-state index < -0.39 is 0 Å². The standard InChI is InChI=1S/C16H28N2O/c1-11(9-17)10-18-7-6-15-8-12(2)16(19-5)14(4)13(15)3/h8,11,18H,6-7,9-10,17H2,1-5H3. The first-order valence-electron chi connectivity index (χ1n) is 7.05. The van der Waals surface area contributed by atoms with E-state index in [0.29, 0.717) is 5.92 Å². The minimum atomic E-state index is 0.542. The van der Waals surface area contributed by atoms with Crippen LogP contribution in [-0.4, -0.2) is 26.7 Å². The summed E-state index contributed by atoms with van der Waals surface area (Å²) < 4.78 is 5.45. The highest BCUT2D eigenvalue weighted by atomic mass is 16.5. The number of aryl methyl sites for hydroxylation is 1. The van der Waals surface area contributed by atoms with Gasteiger partial charge in [-0.05, 0) is 75.0 Å². The molecule has 0 fully saturated rings. The van der Waals surface area contributed by atoms with Crippen LogP contribution in [0.1, 0.15) is 29.2 Å². The lowest BCUT2D eigenvalue weighted by atomic mass is 9.96. The Hall–Kier alpha value is -1.06. The predicted octanol–water partition coefficient (Wildman–Crippen LogP) is 2.35. The van der Waals surface area contributed by atoms with Gasteiger partial charge in [0.05, 0.1) is 7.11 Å². The van der Waals surface area contributed by atoms with E-state index in [1.54, 1.807) is 7.11 Å². The number of rotatable bonds is 7. The Morgan fingerprint density at radius 2 is 1.95 bits per heavy atom. The third-order valence-corrected chi connectivity index (χ3v) is 3.80. The highest BCUT2D eigenvalue weighted by Crippen LogP contribution is 2.28. The van der Waals surface area contributed by atoms with Crippen LogP contribution in [0.5, 0.6) is 5.75 Å². The number of benzene rings is 1. The first-order valence-corrected chi connectivity index (χ1v) is 7.05. The van der Waals surface area contributed by atoms with Crippen molar-refractivity contribution in [2.45, 2.75) is 34.1 Å². The highest BCUT2D eigenvalue weighted by Gasteiger charge is 2.10. The maximum absolute atomic E-state index is 5.61. The molecule has 0 aliphatic heterocycles. The van der Waals surface area contributed by atoms with E-state index in [-0.39, 0.29) is 0 Å². The molecule has 1 aromatic carbocycles. The van der Waals surface area contributed by atoms with Crippen molar-refractivity contribution < 1.29 is 4.74 Å². The molecule has 1 atom stereocenters. The van der Waals surface area contributed by atoms with E-state index in [9.17, 15) is 0 Å². The first-order chi connectivity index (χ1) is 9.01. The number of methoxy groups -OCH3 is 1. The average Bonchev–Trinajstić information content (AvgIpc) is 2.40. The van der Waals surface area contributed by atoms with Crippen LogP contribution in [0.15, 0.2) is 6.07 Å². The molecule has 0 heterocycles. The van der Waals surface area contributed by atoms with Crippen molar-refractivity contribution in [1.29, 1.82) is 0 Å². The fourth-order valence-corrected chi connectivity index (χ4v) is 2.37. The Labute approximate surface area is 117 Å². The zero-order valence-electron chi connectivity index (χ0n) is 13.0. The van der Waals surface area contributed by atoms with Crippen LogP contribution in [0.4, 0.5) is 0 Å². The Balaban J connectivity index is 2.64. The third-order valence-electron chi connectivity index (χ3n) is 3.80. The molecule has 3 nitrogen and oxygen atoms in total. The Morgan fingerprint density at radius 1 is 1.26 bits per heavy atom. The summed E-state index contributed by atoms with van der Waals surface area (Å²) in [7, 11) is 1.74. The fourth-order valence-electron chi connectivity index (χ4n) is 2.37. The average molecular weight is 264 g/mol. The molecular weight excluding hydrogens is 236 g/mol. The van der Waals surface area contributed by atoms with Gasteiger partial charge < -0.3 is 15.8 Å². The van der Waals surface area contributed by atoms with Crippen LogP contribution in [0, 0.1) is 26.7 Å². The zero-order valence-corrected chi connectivity index (χ0v) is 13.0. The molecule has 3 N–H and O–H groups in total. The fraction of sp³-hybridized carbons (Fsp3) is 0.625. The Morgan fingerprint density at radius 3 is 2.53 bits per heavy atom. The van der Waals surface area contributed by atoms with Gasteiger partial charge in [-0.15, -0.1) is 0 Å². The normalized spacial score (nSPS) is 12.5. The van der Waals surface area contributed by atoms with Crippen molar-refractivity contribution in [2.24, 2.45) is 11.7 Å². The second-order valence-electron chi connectivity index (χ2n) is 5.43. The summed E-state index contributed by atoms with van der Waals surface area (Å²) in [6, 6.07) is 2.25. The van der Waals surface area contributed by atoms with Gasteiger partial charge in [-0.3, -0.25) is 0 Å². The topological polar surface area (TPSA) is 47.3 Å². The van der Waals surface area contributed by atoms with Crippen molar-refractivity contribution >= 4 is 0 Å². The van der Waals surface area contributed by atoms with Gasteiger partial charge in [-0.1, -0.05) is 13.0 Å². The maximum Gasteiger partial charge on any atom is 0.124 e. The van der Waals surface area contributed by atoms with Crippen LogP contribution < -0.4 is 15.8 Å². The van der Waals surface area contributed by atoms with Gasteiger partial charge in [-0.25, -0.2) is 0 Å². The lowest BCUT2D eigenvalue weighted by Crippen LogP contribution is -2.27. The second kappa shape index (κ2) is 7.51.